The standard InChI is InChI=1S/C16H16ClNO3/c1-20-14-8-3-11(15(10-14)21-2)9-16(19)18-13-6-4-12(17)5-7-13/h3-8,10H,9H2,1-2H3,(H,18,19). The van der Waals surface area contributed by atoms with Gasteiger partial charge < -0.3 is 14.8 Å². The van der Waals surface area contributed by atoms with Crippen LogP contribution in [0.25, 0.3) is 0 Å². The molecule has 0 aliphatic heterocycles. The van der Waals surface area contributed by atoms with Crippen LogP contribution in [0.2, 0.25) is 5.02 Å². The van der Waals surface area contributed by atoms with Crippen molar-refractivity contribution in [1.29, 1.82) is 0 Å². The molecule has 2 aromatic carbocycles. The highest BCUT2D eigenvalue weighted by Gasteiger charge is 2.10. The van der Waals surface area contributed by atoms with Gasteiger partial charge in [-0.3, -0.25) is 4.79 Å². The van der Waals surface area contributed by atoms with Crippen LogP contribution in [0.15, 0.2) is 42.5 Å². The summed E-state index contributed by atoms with van der Waals surface area (Å²) in [5.41, 5.74) is 1.50. The van der Waals surface area contributed by atoms with Crippen LogP contribution in [-0.4, -0.2) is 20.1 Å². The fourth-order valence-electron chi connectivity index (χ4n) is 1.91. The van der Waals surface area contributed by atoms with E-state index in [2.05, 4.69) is 5.32 Å². The molecule has 110 valence electrons. The van der Waals surface area contributed by atoms with Gasteiger partial charge in [-0.05, 0) is 30.3 Å². The maximum absolute atomic E-state index is 12.1. The van der Waals surface area contributed by atoms with Crippen molar-refractivity contribution in [1.82, 2.24) is 0 Å². The maximum Gasteiger partial charge on any atom is 0.228 e. The number of rotatable bonds is 5. The van der Waals surface area contributed by atoms with E-state index in [4.69, 9.17) is 21.1 Å². The second-order valence-electron chi connectivity index (χ2n) is 4.41. The Kier molecular flexibility index (Phi) is 5.06. The number of nitrogens with one attached hydrogen (secondary N) is 1. The number of hydrogen-bond donors (Lipinski definition) is 1. The second-order valence-corrected chi connectivity index (χ2v) is 4.85. The van der Waals surface area contributed by atoms with E-state index in [0.29, 0.717) is 22.2 Å². The Hall–Kier alpha value is -2.20. The smallest absolute Gasteiger partial charge is 0.228 e. The first-order valence-corrected chi connectivity index (χ1v) is 6.76. The Balaban J connectivity index is 2.07. The average Bonchev–Trinajstić information content (AvgIpc) is 2.50. The molecule has 1 N–H and O–H groups in total. The fraction of sp³-hybridized carbons (Fsp3) is 0.188. The number of hydrogen-bond acceptors (Lipinski definition) is 3. The topological polar surface area (TPSA) is 47.6 Å². The average molecular weight is 306 g/mol. The number of methoxy groups -OCH3 is 2. The maximum atomic E-state index is 12.1. The van der Waals surface area contributed by atoms with Crippen LogP contribution in [0.1, 0.15) is 5.56 Å². The van der Waals surface area contributed by atoms with E-state index in [0.717, 1.165) is 5.56 Å². The van der Waals surface area contributed by atoms with Gasteiger partial charge in [-0.15, -0.1) is 0 Å². The molecule has 0 fully saturated rings. The molecule has 0 aromatic heterocycles. The molecular formula is C16H16ClNO3. The third-order valence-electron chi connectivity index (χ3n) is 2.97. The van der Waals surface area contributed by atoms with Gasteiger partial charge >= 0.3 is 0 Å². The number of amides is 1. The minimum absolute atomic E-state index is 0.124. The van der Waals surface area contributed by atoms with E-state index < -0.39 is 0 Å². The van der Waals surface area contributed by atoms with Crippen molar-refractivity contribution < 1.29 is 14.3 Å². The summed E-state index contributed by atoms with van der Waals surface area (Å²) in [6.07, 6.45) is 0.218. The van der Waals surface area contributed by atoms with E-state index in [-0.39, 0.29) is 12.3 Å². The number of benzene rings is 2. The molecule has 0 saturated carbocycles. The quantitative estimate of drug-likeness (QED) is 0.919. The third kappa shape index (κ3) is 4.13. The Morgan fingerprint density at radius 2 is 1.81 bits per heavy atom. The first-order valence-electron chi connectivity index (χ1n) is 6.38. The summed E-state index contributed by atoms with van der Waals surface area (Å²) < 4.78 is 10.4. The second kappa shape index (κ2) is 6.99. The lowest BCUT2D eigenvalue weighted by Gasteiger charge is -2.10. The highest BCUT2D eigenvalue weighted by molar-refractivity contribution is 6.30. The zero-order valence-electron chi connectivity index (χ0n) is 11.9. The molecular weight excluding hydrogens is 290 g/mol. The lowest BCUT2D eigenvalue weighted by atomic mass is 10.1. The molecule has 0 bridgehead atoms. The highest BCUT2D eigenvalue weighted by Crippen LogP contribution is 2.25. The summed E-state index contributed by atoms with van der Waals surface area (Å²) in [6.45, 7) is 0. The fourth-order valence-corrected chi connectivity index (χ4v) is 2.04. The van der Waals surface area contributed by atoms with Gasteiger partial charge in [0, 0.05) is 22.3 Å². The molecule has 0 aliphatic carbocycles. The number of halogens is 1. The number of ether oxygens (including phenoxy) is 2. The lowest BCUT2D eigenvalue weighted by Crippen LogP contribution is -2.14. The van der Waals surface area contributed by atoms with Gasteiger partial charge in [0.15, 0.2) is 0 Å². The van der Waals surface area contributed by atoms with Crippen molar-refractivity contribution in [2.24, 2.45) is 0 Å². The van der Waals surface area contributed by atoms with Crippen LogP contribution in [-0.2, 0) is 11.2 Å². The van der Waals surface area contributed by atoms with E-state index in [1.807, 2.05) is 6.07 Å². The van der Waals surface area contributed by atoms with Gasteiger partial charge in [0.2, 0.25) is 5.91 Å². The van der Waals surface area contributed by atoms with Crippen LogP contribution >= 0.6 is 11.6 Å². The van der Waals surface area contributed by atoms with Crippen molar-refractivity contribution in [3.63, 3.8) is 0 Å². The molecule has 0 spiro atoms. The summed E-state index contributed by atoms with van der Waals surface area (Å²) >= 11 is 5.81. The third-order valence-corrected chi connectivity index (χ3v) is 3.23. The molecule has 0 aliphatic rings. The lowest BCUT2D eigenvalue weighted by molar-refractivity contribution is -0.115. The van der Waals surface area contributed by atoms with Crippen molar-refractivity contribution >= 4 is 23.2 Å². The van der Waals surface area contributed by atoms with Crippen LogP contribution < -0.4 is 14.8 Å². The zero-order valence-corrected chi connectivity index (χ0v) is 12.6. The van der Waals surface area contributed by atoms with Crippen LogP contribution in [0.3, 0.4) is 0 Å². The van der Waals surface area contributed by atoms with Crippen molar-refractivity contribution in [3.05, 3.63) is 53.1 Å². The summed E-state index contributed by atoms with van der Waals surface area (Å²) in [5.74, 6) is 1.19. The Morgan fingerprint density at radius 3 is 2.43 bits per heavy atom. The summed E-state index contributed by atoms with van der Waals surface area (Å²) in [5, 5.41) is 3.44. The van der Waals surface area contributed by atoms with E-state index in [9.17, 15) is 4.79 Å². The minimum Gasteiger partial charge on any atom is -0.497 e. The summed E-state index contributed by atoms with van der Waals surface area (Å²) in [7, 11) is 3.15. The van der Waals surface area contributed by atoms with E-state index >= 15 is 0 Å². The Labute approximate surface area is 128 Å². The summed E-state index contributed by atoms with van der Waals surface area (Å²) in [4.78, 5) is 12.1. The Morgan fingerprint density at radius 1 is 1.10 bits per heavy atom. The normalized spacial score (nSPS) is 10.0. The van der Waals surface area contributed by atoms with Gasteiger partial charge in [0.05, 0.1) is 20.6 Å². The molecule has 0 atom stereocenters. The van der Waals surface area contributed by atoms with Gasteiger partial charge in [-0.1, -0.05) is 17.7 Å². The van der Waals surface area contributed by atoms with Gasteiger partial charge in [0.1, 0.15) is 11.5 Å². The Bertz CT molecular complexity index is 626. The van der Waals surface area contributed by atoms with Crippen LogP contribution in [0.4, 0.5) is 5.69 Å². The highest BCUT2D eigenvalue weighted by atomic mass is 35.5. The van der Waals surface area contributed by atoms with E-state index in [1.165, 1.54) is 0 Å². The zero-order chi connectivity index (χ0) is 15.2. The minimum atomic E-state index is -0.124. The molecule has 2 rings (SSSR count). The molecule has 2 aromatic rings. The molecule has 0 heterocycles. The SMILES string of the molecule is COc1ccc(CC(=O)Nc2ccc(Cl)cc2)c(OC)c1. The monoisotopic (exact) mass is 305 g/mol. The largest absolute Gasteiger partial charge is 0.497 e. The molecule has 1 amide bonds. The van der Waals surface area contributed by atoms with Crippen LogP contribution in [0.5, 0.6) is 11.5 Å². The molecule has 0 unspecified atom stereocenters. The predicted molar refractivity (Wildman–Crippen MR) is 83.3 cm³/mol. The first kappa shape index (κ1) is 15.2. The molecule has 4 nitrogen and oxygen atoms in total. The van der Waals surface area contributed by atoms with Crippen molar-refractivity contribution in [3.8, 4) is 11.5 Å². The van der Waals surface area contributed by atoms with Crippen molar-refractivity contribution in [2.75, 3.05) is 19.5 Å². The molecule has 5 heteroatoms. The van der Waals surface area contributed by atoms with E-state index in [1.54, 1.807) is 50.6 Å². The van der Waals surface area contributed by atoms with Crippen molar-refractivity contribution in [2.45, 2.75) is 6.42 Å². The van der Waals surface area contributed by atoms with Crippen LogP contribution in [0, 0.1) is 0 Å². The van der Waals surface area contributed by atoms with Gasteiger partial charge in [-0.2, -0.15) is 0 Å². The van der Waals surface area contributed by atoms with Gasteiger partial charge in [-0.25, -0.2) is 0 Å². The molecule has 0 radical (unpaired) electrons. The van der Waals surface area contributed by atoms with Gasteiger partial charge in [0.25, 0.3) is 0 Å². The number of carbonyl (C=O) groups is 1. The number of carbonyl (C=O) groups excluding carboxylic acids is 1. The first-order chi connectivity index (χ1) is 10.1. The summed E-state index contributed by atoms with van der Waals surface area (Å²) in [6, 6.07) is 12.3. The predicted octanol–water partition coefficient (Wildman–Crippen LogP) is 3.54. The molecule has 0 saturated heterocycles. The molecule has 21 heavy (non-hydrogen) atoms. The number of anilines is 1.